The second-order valence-corrected chi connectivity index (χ2v) is 13.1. The lowest BCUT2D eigenvalue weighted by Gasteiger charge is -2.36. The summed E-state index contributed by atoms with van der Waals surface area (Å²) in [5, 5.41) is 3.11. The Bertz CT molecular complexity index is 1570. The van der Waals surface area contributed by atoms with Crippen LogP contribution < -0.4 is 11.1 Å². The van der Waals surface area contributed by atoms with Gasteiger partial charge >= 0.3 is 6.03 Å². The maximum atomic E-state index is 14.0. The summed E-state index contributed by atoms with van der Waals surface area (Å²) in [6, 6.07) is 15.5. The fourth-order valence-corrected chi connectivity index (χ4v) is 7.62. The first kappa shape index (κ1) is 29.6. The van der Waals surface area contributed by atoms with Crippen LogP contribution >= 0.6 is 31.9 Å². The number of para-hydroxylation sites is 2. The van der Waals surface area contributed by atoms with Gasteiger partial charge in [0.05, 0.1) is 23.0 Å². The molecule has 3 N–H and O–H groups in total. The topological polar surface area (TPSA) is 109 Å². The van der Waals surface area contributed by atoms with Crippen LogP contribution in [-0.4, -0.2) is 68.5 Å². The number of urea groups is 1. The van der Waals surface area contributed by atoms with E-state index in [1.807, 2.05) is 58.9 Å². The monoisotopic (exact) mass is 707 g/mol. The Balaban J connectivity index is 1.13. The zero-order valence-corrected chi connectivity index (χ0v) is 27.0. The Morgan fingerprint density at radius 3 is 2.28 bits per heavy atom. The standard InChI is InChI=1S/C32H35Br2N7O2/c33-25-17-21(18-26(34)30(25)35)19-28(31(42)39-13-7-23(8-14-39)22-5-11-36-12-6-22)38-32(43)40-15-9-24(10-16-40)41-20-37-27-3-1-2-4-29(27)41/h1-6,11-12,17-18,20,23-24,28H,7-10,13-16,19,35H2,(H,38,43)/t28-/m0/s1. The molecular weight excluding hydrogens is 674 g/mol. The van der Waals surface area contributed by atoms with E-state index in [0.717, 1.165) is 51.2 Å². The van der Waals surface area contributed by atoms with Gasteiger partial charge in [0.1, 0.15) is 6.04 Å². The molecule has 2 aromatic heterocycles. The lowest BCUT2D eigenvalue weighted by Crippen LogP contribution is -2.55. The SMILES string of the molecule is Nc1c(Br)cc(C[C@H](NC(=O)N2CCC(n3cnc4ccccc43)CC2)C(=O)N2CCC(c3ccncc3)CC2)cc1Br. The number of fused-ring (bicyclic) bond motifs is 1. The number of anilines is 1. The molecular formula is C32H35Br2N7O2. The minimum absolute atomic E-state index is 0.0506. The number of nitrogen functional groups attached to an aromatic ring is 1. The Hall–Kier alpha value is -3.44. The van der Waals surface area contributed by atoms with Crippen molar-refractivity contribution in [2.24, 2.45) is 0 Å². The molecule has 2 fully saturated rings. The third kappa shape index (κ3) is 6.57. The first-order valence-electron chi connectivity index (χ1n) is 14.8. The number of halogens is 2. The minimum atomic E-state index is -0.692. The number of likely N-dealkylation sites (tertiary alicyclic amines) is 2. The summed E-state index contributed by atoms with van der Waals surface area (Å²) >= 11 is 7.05. The van der Waals surface area contributed by atoms with E-state index < -0.39 is 6.04 Å². The van der Waals surface area contributed by atoms with Crippen molar-refractivity contribution in [3.05, 3.63) is 87.3 Å². The van der Waals surface area contributed by atoms with E-state index in [2.05, 4.69) is 69.9 Å². The summed E-state index contributed by atoms with van der Waals surface area (Å²) in [5.74, 6) is 0.350. The molecule has 0 unspecified atom stereocenters. The number of carbonyl (C=O) groups is 2. The number of hydrogen-bond donors (Lipinski definition) is 2. The van der Waals surface area contributed by atoms with Gasteiger partial charge in [-0.2, -0.15) is 0 Å². The van der Waals surface area contributed by atoms with Crippen molar-refractivity contribution < 1.29 is 9.59 Å². The van der Waals surface area contributed by atoms with Gasteiger partial charge < -0.3 is 25.4 Å². The molecule has 2 aliphatic heterocycles. The normalized spacial score (nSPS) is 17.3. The van der Waals surface area contributed by atoms with Crippen molar-refractivity contribution in [3.63, 3.8) is 0 Å². The van der Waals surface area contributed by atoms with Crippen LogP contribution in [0, 0.1) is 0 Å². The molecule has 43 heavy (non-hydrogen) atoms. The number of carbonyl (C=O) groups excluding carboxylic acids is 2. The van der Waals surface area contributed by atoms with Crippen LogP contribution in [0.2, 0.25) is 0 Å². The van der Waals surface area contributed by atoms with E-state index >= 15 is 0 Å². The van der Waals surface area contributed by atoms with Crippen LogP contribution in [0.3, 0.4) is 0 Å². The summed E-state index contributed by atoms with van der Waals surface area (Å²) < 4.78 is 3.73. The third-order valence-corrected chi connectivity index (χ3v) is 10.1. The molecule has 0 aliphatic carbocycles. The maximum absolute atomic E-state index is 14.0. The van der Waals surface area contributed by atoms with Gasteiger partial charge in [0.25, 0.3) is 0 Å². The molecule has 2 saturated heterocycles. The summed E-state index contributed by atoms with van der Waals surface area (Å²) in [5.41, 5.74) is 11.0. The number of aromatic nitrogens is 3. The number of benzene rings is 2. The largest absolute Gasteiger partial charge is 0.397 e. The minimum Gasteiger partial charge on any atom is -0.397 e. The van der Waals surface area contributed by atoms with Crippen molar-refractivity contribution in [2.45, 2.75) is 50.1 Å². The van der Waals surface area contributed by atoms with Crippen LogP contribution in [0.15, 0.2) is 76.2 Å². The van der Waals surface area contributed by atoms with Crippen molar-refractivity contribution in [2.75, 3.05) is 31.9 Å². The molecule has 2 aromatic carbocycles. The molecule has 2 aliphatic rings. The highest BCUT2D eigenvalue weighted by Crippen LogP contribution is 2.32. The lowest BCUT2D eigenvalue weighted by molar-refractivity contribution is -0.134. The molecule has 4 heterocycles. The summed E-state index contributed by atoms with van der Waals surface area (Å²) in [6.07, 6.45) is 9.32. The molecule has 6 rings (SSSR count). The quantitative estimate of drug-likeness (QED) is 0.243. The van der Waals surface area contributed by atoms with Crippen molar-refractivity contribution in [3.8, 4) is 0 Å². The zero-order valence-electron chi connectivity index (χ0n) is 23.8. The summed E-state index contributed by atoms with van der Waals surface area (Å²) in [4.78, 5) is 40.0. The molecule has 4 aromatic rings. The highest BCUT2D eigenvalue weighted by Gasteiger charge is 2.32. The number of piperidine rings is 2. The van der Waals surface area contributed by atoms with E-state index in [0.29, 0.717) is 44.2 Å². The Labute approximate surface area is 268 Å². The number of hydrogen-bond acceptors (Lipinski definition) is 5. The van der Waals surface area contributed by atoms with Crippen LogP contribution in [-0.2, 0) is 11.2 Å². The number of pyridine rings is 1. The van der Waals surface area contributed by atoms with Gasteiger partial charge in [-0.25, -0.2) is 9.78 Å². The van der Waals surface area contributed by atoms with Gasteiger partial charge in [0.2, 0.25) is 5.91 Å². The zero-order chi connectivity index (χ0) is 29.9. The fourth-order valence-electron chi connectivity index (χ4n) is 6.34. The number of nitrogens with zero attached hydrogens (tertiary/aromatic N) is 5. The van der Waals surface area contributed by atoms with E-state index in [-0.39, 0.29) is 18.0 Å². The molecule has 9 nitrogen and oxygen atoms in total. The number of nitrogens with two attached hydrogens (primary N) is 1. The van der Waals surface area contributed by atoms with E-state index in [1.165, 1.54) is 5.56 Å². The van der Waals surface area contributed by atoms with E-state index in [1.54, 1.807) is 0 Å². The van der Waals surface area contributed by atoms with E-state index in [4.69, 9.17) is 5.73 Å². The molecule has 0 spiro atoms. The van der Waals surface area contributed by atoms with Crippen LogP contribution in [0.25, 0.3) is 11.0 Å². The van der Waals surface area contributed by atoms with Crippen molar-refractivity contribution >= 4 is 60.5 Å². The second kappa shape index (κ2) is 13.1. The fraction of sp³-hybridized carbons (Fsp3) is 0.375. The number of amides is 3. The van der Waals surface area contributed by atoms with Crippen molar-refractivity contribution in [1.82, 2.24) is 29.7 Å². The number of nitrogens with one attached hydrogen (secondary N) is 1. The average molecular weight is 709 g/mol. The van der Waals surface area contributed by atoms with Crippen molar-refractivity contribution in [1.29, 1.82) is 0 Å². The molecule has 0 saturated carbocycles. The van der Waals surface area contributed by atoms with Gasteiger partial charge in [-0.05, 0) is 111 Å². The molecule has 11 heteroatoms. The first-order valence-corrected chi connectivity index (χ1v) is 16.3. The predicted octanol–water partition coefficient (Wildman–Crippen LogP) is 5.90. The van der Waals surface area contributed by atoms with Crippen LogP contribution in [0.4, 0.5) is 10.5 Å². The summed E-state index contributed by atoms with van der Waals surface area (Å²) in [7, 11) is 0. The highest BCUT2D eigenvalue weighted by molar-refractivity contribution is 9.11. The smallest absolute Gasteiger partial charge is 0.318 e. The highest BCUT2D eigenvalue weighted by atomic mass is 79.9. The molecule has 0 bridgehead atoms. The van der Waals surface area contributed by atoms with E-state index in [9.17, 15) is 9.59 Å². The number of imidazole rings is 1. The predicted molar refractivity (Wildman–Crippen MR) is 175 cm³/mol. The molecule has 0 radical (unpaired) electrons. The Morgan fingerprint density at radius 1 is 0.930 bits per heavy atom. The third-order valence-electron chi connectivity index (χ3n) is 8.78. The van der Waals surface area contributed by atoms with Gasteiger partial charge in [-0.1, -0.05) is 12.1 Å². The van der Waals surface area contributed by atoms with Gasteiger partial charge in [0, 0.05) is 60.0 Å². The van der Waals surface area contributed by atoms with Crippen LogP contribution in [0.5, 0.6) is 0 Å². The second-order valence-electron chi connectivity index (χ2n) is 11.4. The van der Waals surface area contributed by atoms with Gasteiger partial charge in [-0.3, -0.25) is 9.78 Å². The molecule has 224 valence electrons. The average Bonchev–Trinajstić information content (AvgIpc) is 3.48. The number of rotatable bonds is 6. The lowest BCUT2D eigenvalue weighted by atomic mass is 9.89. The first-order chi connectivity index (χ1) is 20.9. The Kier molecular flexibility index (Phi) is 8.99. The Morgan fingerprint density at radius 2 is 1.58 bits per heavy atom. The van der Waals surface area contributed by atoms with Gasteiger partial charge in [-0.15, -0.1) is 0 Å². The van der Waals surface area contributed by atoms with Gasteiger partial charge in [0.15, 0.2) is 0 Å². The maximum Gasteiger partial charge on any atom is 0.318 e. The van der Waals surface area contributed by atoms with Crippen LogP contribution in [0.1, 0.15) is 48.8 Å². The molecule has 3 amide bonds. The summed E-state index contributed by atoms with van der Waals surface area (Å²) in [6.45, 7) is 2.52. The molecule has 1 atom stereocenters.